The molecule has 1 aliphatic rings. The Labute approximate surface area is 169 Å². The Morgan fingerprint density at radius 3 is 2.57 bits per heavy atom. The van der Waals surface area contributed by atoms with Crippen LogP contribution in [0.15, 0.2) is 6.07 Å². The molecular formula is C20H30N4O3S. The minimum absolute atomic E-state index is 0.114. The van der Waals surface area contributed by atoms with Gasteiger partial charge in [0.25, 0.3) is 5.91 Å². The normalized spacial score (nSPS) is 16.8. The van der Waals surface area contributed by atoms with E-state index in [2.05, 4.69) is 15.7 Å². The smallest absolute Gasteiger partial charge is 0.408 e. The topological polar surface area (TPSA) is 85.3 Å². The molecule has 1 aliphatic carbocycles. The van der Waals surface area contributed by atoms with Gasteiger partial charge in [0, 0.05) is 19.0 Å². The average Bonchev–Trinajstić information content (AvgIpc) is 3.14. The first kappa shape index (κ1) is 20.6. The summed E-state index contributed by atoms with van der Waals surface area (Å²) in [4.78, 5) is 26.8. The summed E-state index contributed by atoms with van der Waals surface area (Å²) in [6, 6.07) is 1.90. The Bertz CT molecular complexity index is 838. The number of aromatic nitrogens is 2. The van der Waals surface area contributed by atoms with Gasteiger partial charge in [0.15, 0.2) is 0 Å². The van der Waals surface area contributed by atoms with Crippen molar-refractivity contribution in [2.24, 2.45) is 7.05 Å². The lowest BCUT2D eigenvalue weighted by Gasteiger charge is -2.38. The number of fused-ring (bicyclic) bond motifs is 1. The van der Waals surface area contributed by atoms with Crippen LogP contribution < -0.4 is 10.6 Å². The molecule has 1 fully saturated rings. The van der Waals surface area contributed by atoms with Gasteiger partial charge in [0.2, 0.25) is 0 Å². The van der Waals surface area contributed by atoms with E-state index in [1.165, 1.54) is 11.3 Å². The molecule has 8 heteroatoms. The van der Waals surface area contributed by atoms with Gasteiger partial charge in [0.1, 0.15) is 10.4 Å². The molecule has 0 bridgehead atoms. The number of thiophene rings is 1. The molecule has 0 aromatic carbocycles. The predicted octanol–water partition coefficient (Wildman–Crippen LogP) is 3.90. The summed E-state index contributed by atoms with van der Waals surface area (Å²) in [7, 11) is 1.88. The second-order valence-electron chi connectivity index (χ2n) is 8.69. The summed E-state index contributed by atoms with van der Waals surface area (Å²) in [6.07, 6.45) is 4.45. The van der Waals surface area contributed by atoms with Crippen molar-refractivity contribution in [1.82, 2.24) is 20.4 Å². The van der Waals surface area contributed by atoms with E-state index in [4.69, 9.17) is 4.74 Å². The molecule has 2 N–H and O–H groups in total. The Kier molecular flexibility index (Phi) is 5.70. The first-order chi connectivity index (χ1) is 13.1. The number of hydrogen-bond donors (Lipinski definition) is 2. The highest BCUT2D eigenvalue weighted by Crippen LogP contribution is 2.30. The van der Waals surface area contributed by atoms with E-state index in [0.29, 0.717) is 11.4 Å². The fourth-order valence-corrected chi connectivity index (χ4v) is 4.79. The van der Waals surface area contributed by atoms with Gasteiger partial charge in [-0.25, -0.2) is 4.79 Å². The molecule has 154 valence electrons. The molecule has 1 saturated carbocycles. The Hall–Kier alpha value is -2.09. The third-order valence-corrected chi connectivity index (χ3v) is 6.28. The number of nitrogens with zero attached hydrogens (tertiary/aromatic N) is 2. The van der Waals surface area contributed by atoms with E-state index < -0.39 is 17.2 Å². The quantitative estimate of drug-likeness (QED) is 0.806. The summed E-state index contributed by atoms with van der Waals surface area (Å²) >= 11 is 1.44. The van der Waals surface area contributed by atoms with Crippen molar-refractivity contribution in [3.05, 3.63) is 16.6 Å². The van der Waals surface area contributed by atoms with Gasteiger partial charge in [-0.05, 0) is 46.6 Å². The van der Waals surface area contributed by atoms with Crippen LogP contribution in [0.2, 0.25) is 0 Å². The monoisotopic (exact) mass is 406 g/mol. The molecule has 28 heavy (non-hydrogen) atoms. The number of carbonyl (C=O) groups excluding carboxylic acids is 2. The van der Waals surface area contributed by atoms with Crippen LogP contribution in [0, 0.1) is 6.92 Å². The molecule has 3 rings (SSSR count). The maximum atomic E-state index is 12.8. The lowest BCUT2D eigenvalue weighted by molar-refractivity contribution is 0.0419. The zero-order chi connectivity index (χ0) is 20.5. The summed E-state index contributed by atoms with van der Waals surface area (Å²) in [6.45, 7) is 7.88. The number of rotatable bonds is 4. The lowest BCUT2D eigenvalue weighted by atomic mass is 9.81. The first-order valence-electron chi connectivity index (χ1n) is 9.81. The molecule has 0 radical (unpaired) electrons. The van der Waals surface area contributed by atoms with Crippen molar-refractivity contribution in [3.8, 4) is 0 Å². The van der Waals surface area contributed by atoms with Crippen molar-refractivity contribution >= 4 is 33.6 Å². The number of nitrogens with one attached hydrogen (secondary N) is 2. The van der Waals surface area contributed by atoms with Crippen molar-refractivity contribution in [2.75, 3.05) is 6.54 Å². The van der Waals surface area contributed by atoms with Gasteiger partial charge in [-0.1, -0.05) is 19.3 Å². The molecule has 0 atom stereocenters. The summed E-state index contributed by atoms with van der Waals surface area (Å²) in [5.74, 6) is -0.114. The van der Waals surface area contributed by atoms with E-state index in [0.717, 1.165) is 48.0 Å². The Morgan fingerprint density at radius 2 is 1.96 bits per heavy atom. The lowest BCUT2D eigenvalue weighted by Crippen LogP contribution is -2.57. The highest BCUT2D eigenvalue weighted by atomic mass is 32.1. The Morgan fingerprint density at radius 1 is 1.29 bits per heavy atom. The number of ether oxygens (including phenoxy) is 1. The van der Waals surface area contributed by atoms with Crippen LogP contribution in [-0.4, -0.2) is 39.5 Å². The van der Waals surface area contributed by atoms with Gasteiger partial charge < -0.3 is 15.4 Å². The number of amides is 2. The molecule has 2 heterocycles. The molecule has 2 aromatic heterocycles. The van der Waals surface area contributed by atoms with E-state index in [1.54, 1.807) is 4.68 Å². The minimum atomic E-state index is -0.549. The molecule has 7 nitrogen and oxygen atoms in total. The first-order valence-corrected chi connectivity index (χ1v) is 10.6. The SMILES string of the molecule is Cc1nn(C)c2sc(C(=O)NCC3(NC(=O)OC(C)(C)C)CCCCC3)cc12. The molecular weight excluding hydrogens is 376 g/mol. The highest BCUT2D eigenvalue weighted by molar-refractivity contribution is 7.20. The standard InChI is InChI=1S/C20H30N4O3S/c1-13-14-11-15(28-17(14)24(5)23-13)16(25)21-12-20(9-7-6-8-10-20)22-18(26)27-19(2,3)4/h11H,6-10,12H2,1-5H3,(H,21,25)(H,22,26). The van der Waals surface area contributed by atoms with E-state index in [1.807, 2.05) is 40.8 Å². The van der Waals surface area contributed by atoms with Gasteiger partial charge >= 0.3 is 6.09 Å². The van der Waals surface area contributed by atoms with Crippen LogP contribution in [-0.2, 0) is 11.8 Å². The summed E-state index contributed by atoms with van der Waals surface area (Å²) < 4.78 is 7.25. The maximum Gasteiger partial charge on any atom is 0.408 e. The highest BCUT2D eigenvalue weighted by Gasteiger charge is 2.35. The molecule has 0 aliphatic heterocycles. The number of alkyl carbamates (subject to hydrolysis) is 1. The number of carbonyl (C=O) groups is 2. The third-order valence-electron chi connectivity index (χ3n) is 5.08. The van der Waals surface area contributed by atoms with Crippen LogP contribution in [0.5, 0.6) is 0 Å². The van der Waals surface area contributed by atoms with Crippen molar-refractivity contribution in [1.29, 1.82) is 0 Å². The maximum absolute atomic E-state index is 12.8. The summed E-state index contributed by atoms with van der Waals surface area (Å²) in [5, 5.41) is 11.5. The van der Waals surface area contributed by atoms with Gasteiger partial charge in [-0.15, -0.1) is 11.3 Å². The van der Waals surface area contributed by atoms with Crippen LogP contribution in [0.1, 0.15) is 68.2 Å². The molecule has 0 saturated heterocycles. The van der Waals surface area contributed by atoms with Crippen LogP contribution in [0.3, 0.4) is 0 Å². The number of aryl methyl sites for hydroxylation is 2. The second-order valence-corrected chi connectivity index (χ2v) is 9.72. The molecule has 0 unspecified atom stereocenters. The molecule has 2 amide bonds. The molecule has 0 spiro atoms. The van der Waals surface area contributed by atoms with Gasteiger partial charge in [0.05, 0.1) is 16.1 Å². The van der Waals surface area contributed by atoms with Gasteiger partial charge in [-0.3, -0.25) is 9.48 Å². The van der Waals surface area contributed by atoms with Crippen molar-refractivity contribution in [2.45, 2.75) is 70.9 Å². The van der Waals surface area contributed by atoms with Crippen LogP contribution >= 0.6 is 11.3 Å². The van der Waals surface area contributed by atoms with Crippen molar-refractivity contribution < 1.29 is 14.3 Å². The predicted molar refractivity (Wildman–Crippen MR) is 111 cm³/mol. The fourth-order valence-electron chi connectivity index (χ4n) is 3.75. The van der Waals surface area contributed by atoms with Gasteiger partial charge in [-0.2, -0.15) is 5.10 Å². The summed E-state index contributed by atoms with van der Waals surface area (Å²) in [5.41, 5.74) is -0.0838. The average molecular weight is 407 g/mol. The fraction of sp³-hybridized carbons (Fsp3) is 0.650. The zero-order valence-electron chi connectivity index (χ0n) is 17.3. The van der Waals surface area contributed by atoms with Crippen molar-refractivity contribution in [3.63, 3.8) is 0 Å². The third kappa shape index (κ3) is 4.66. The number of hydrogen-bond acceptors (Lipinski definition) is 5. The largest absolute Gasteiger partial charge is 0.444 e. The zero-order valence-corrected chi connectivity index (χ0v) is 18.2. The minimum Gasteiger partial charge on any atom is -0.444 e. The van der Waals surface area contributed by atoms with E-state index in [-0.39, 0.29) is 5.91 Å². The Balaban J connectivity index is 1.69. The molecule has 2 aromatic rings. The van der Waals surface area contributed by atoms with Crippen LogP contribution in [0.25, 0.3) is 10.2 Å². The van der Waals surface area contributed by atoms with E-state index >= 15 is 0 Å². The van der Waals surface area contributed by atoms with Crippen LogP contribution in [0.4, 0.5) is 4.79 Å². The van der Waals surface area contributed by atoms with E-state index in [9.17, 15) is 9.59 Å². The second kappa shape index (κ2) is 7.73.